The fourth-order valence-corrected chi connectivity index (χ4v) is 6.73. The van der Waals surface area contributed by atoms with Crippen LogP contribution in [0.15, 0.2) is 107 Å². The average Bonchev–Trinajstić information content (AvgIpc) is 3.41. The molecule has 0 atom stereocenters. The minimum atomic E-state index is 0.0814. The summed E-state index contributed by atoms with van der Waals surface area (Å²) in [7, 11) is 2.20. The number of benzene rings is 2. The first-order chi connectivity index (χ1) is 21.4. The maximum atomic E-state index is 13.6. The van der Waals surface area contributed by atoms with E-state index >= 15 is 0 Å². The zero-order valence-electron chi connectivity index (χ0n) is 26.5. The molecule has 0 spiro atoms. The van der Waals surface area contributed by atoms with Crippen LogP contribution in [0.2, 0.25) is 0 Å². The Balaban J connectivity index is 1.28. The van der Waals surface area contributed by atoms with Gasteiger partial charge in [-0.15, -0.1) is 0 Å². The second-order valence-electron chi connectivity index (χ2n) is 12.5. The number of hydrogen-bond acceptors (Lipinski definition) is 3. The van der Waals surface area contributed by atoms with Crippen molar-refractivity contribution in [2.45, 2.75) is 46.0 Å². The Bertz CT molecular complexity index is 1830. The Labute approximate surface area is 262 Å². The van der Waals surface area contributed by atoms with Crippen LogP contribution in [0, 0.1) is 0 Å². The normalized spacial score (nSPS) is 17.0. The number of allylic oxidation sites excluding steroid dienone is 7. The van der Waals surface area contributed by atoms with Gasteiger partial charge in [0.15, 0.2) is 5.43 Å². The summed E-state index contributed by atoms with van der Waals surface area (Å²) in [5.41, 5.74) is 11.6. The molecular formula is C41H44N2O. The first kappa shape index (κ1) is 29.8. The number of hydrogen-bond donors (Lipinski definition) is 0. The van der Waals surface area contributed by atoms with Crippen molar-refractivity contribution in [3.8, 4) is 11.1 Å². The lowest BCUT2D eigenvalue weighted by atomic mass is 9.95. The molecule has 1 fully saturated rings. The zero-order chi connectivity index (χ0) is 30.6. The van der Waals surface area contributed by atoms with Crippen molar-refractivity contribution < 1.29 is 0 Å². The molecular weight excluding hydrogens is 536 g/mol. The van der Waals surface area contributed by atoms with E-state index in [0.717, 1.165) is 91.7 Å². The van der Waals surface area contributed by atoms with Crippen molar-refractivity contribution >= 4 is 22.9 Å². The van der Waals surface area contributed by atoms with Crippen LogP contribution in [-0.4, -0.2) is 38.1 Å². The first-order valence-corrected chi connectivity index (χ1v) is 16.2. The van der Waals surface area contributed by atoms with E-state index in [-0.39, 0.29) is 5.43 Å². The highest BCUT2D eigenvalue weighted by molar-refractivity contribution is 5.86. The molecule has 6 rings (SSSR count). The smallest absolute Gasteiger partial charge is 0.186 e. The highest BCUT2D eigenvalue weighted by Gasteiger charge is 2.15. The quantitative estimate of drug-likeness (QED) is 0.306. The van der Waals surface area contributed by atoms with Gasteiger partial charge in [0.1, 0.15) is 0 Å². The lowest BCUT2D eigenvalue weighted by molar-refractivity contribution is 0.313. The molecule has 1 saturated heterocycles. The molecule has 3 aromatic rings. The molecule has 3 aromatic carbocycles. The van der Waals surface area contributed by atoms with Gasteiger partial charge in [0.2, 0.25) is 0 Å². The molecule has 2 aliphatic carbocycles. The molecule has 0 bridgehead atoms. The van der Waals surface area contributed by atoms with E-state index in [9.17, 15) is 4.79 Å². The number of fused-ring (bicyclic) bond motifs is 1. The molecule has 3 nitrogen and oxygen atoms in total. The van der Waals surface area contributed by atoms with Crippen LogP contribution >= 0.6 is 0 Å². The predicted octanol–water partition coefficient (Wildman–Crippen LogP) is 6.84. The number of likely N-dealkylation sites (N-methyl/N-ethyl adjacent to an activating group) is 1. The Morgan fingerprint density at radius 1 is 0.886 bits per heavy atom. The maximum Gasteiger partial charge on any atom is 0.186 e. The fourth-order valence-electron chi connectivity index (χ4n) is 6.73. The minimum absolute atomic E-state index is 0.0814. The Kier molecular flexibility index (Phi) is 8.95. The first-order valence-electron chi connectivity index (χ1n) is 16.2. The predicted molar refractivity (Wildman–Crippen MR) is 188 cm³/mol. The van der Waals surface area contributed by atoms with Gasteiger partial charge in [-0.1, -0.05) is 85.9 Å². The third kappa shape index (κ3) is 6.49. The lowest BCUT2D eigenvalue weighted by Gasteiger charge is -2.34. The van der Waals surface area contributed by atoms with Crippen molar-refractivity contribution in [2.24, 2.45) is 0 Å². The maximum absolute atomic E-state index is 13.6. The van der Waals surface area contributed by atoms with Gasteiger partial charge in [-0.25, -0.2) is 0 Å². The molecule has 44 heavy (non-hydrogen) atoms. The average molecular weight is 581 g/mol. The van der Waals surface area contributed by atoms with E-state index < -0.39 is 0 Å². The van der Waals surface area contributed by atoms with Gasteiger partial charge in [0.05, 0.1) is 0 Å². The van der Waals surface area contributed by atoms with Gasteiger partial charge in [-0.05, 0) is 120 Å². The monoisotopic (exact) mass is 580 g/mol. The summed E-state index contributed by atoms with van der Waals surface area (Å²) in [4.78, 5) is 18.5. The van der Waals surface area contributed by atoms with Crippen molar-refractivity contribution in [1.29, 1.82) is 0 Å². The lowest BCUT2D eigenvalue weighted by Crippen LogP contribution is -2.44. The molecule has 0 unspecified atom stereocenters. The topological polar surface area (TPSA) is 23.6 Å². The van der Waals surface area contributed by atoms with Gasteiger partial charge in [0.25, 0.3) is 0 Å². The summed E-state index contributed by atoms with van der Waals surface area (Å²) in [6.45, 7) is 13.0. The van der Waals surface area contributed by atoms with E-state index in [1.807, 2.05) is 18.2 Å². The minimum Gasteiger partial charge on any atom is -0.369 e. The summed E-state index contributed by atoms with van der Waals surface area (Å²) >= 11 is 0. The second-order valence-corrected chi connectivity index (χ2v) is 12.5. The van der Waals surface area contributed by atoms with E-state index in [1.165, 1.54) is 32.8 Å². The molecule has 0 amide bonds. The molecule has 224 valence electrons. The van der Waals surface area contributed by atoms with E-state index in [0.29, 0.717) is 0 Å². The summed E-state index contributed by atoms with van der Waals surface area (Å²) in [6, 6.07) is 21.6. The number of piperazine rings is 1. The Hall–Kier alpha value is -4.21. The van der Waals surface area contributed by atoms with Crippen LogP contribution in [0.3, 0.4) is 0 Å². The molecule has 0 saturated carbocycles. The molecule has 0 radical (unpaired) electrons. The molecule has 0 N–H and O–H groups in total. The van der Waals surface area contributed by atoms with Crippen molar-refractivity contribution in [3.05, 3.63) is 140 Å². The molecule has 1 heterocycles. The van der Waals surface area contributed by atoms with Crippen LogP contribution < -0.4 is 20.8 Å². The van der Waals surface area contributed by atoms with Crippen LogP contribution in [-0.2, 0) is 12.8 Å². The van der Waals surface area contributed by atoms with Gasteiger partial charge in [0, 0.05) is 37.4 Å². The van der Waals surface area contributed by atoms with Crippen molar-refractivity contribution in [1.82, 2.24) is 4.90 Å². The zero-order valence-corrected chi connectivity index (χ0v) is 26.5. The third-order valence-corrected chi connectivity index (χ3v) is 9.49. The molecule has 1 aliphatic heterocycles. The Morgan fingerprint density at radius 3 is 2.30 bits per heavy atom. The highest BCUT2D eigenvalue weighted by Crippen LogP contribution is 2.29. The van der Waals surface area contributed by atoms with Crippen molar-refractivity contribution in [3.63, 3.8) is 0 Å². The number of rotatable bonds is 7. The van der Waals surface area contributed by atoms with Crippen LogP contribution in [0.25, 0.3) is 28.3 Å². The van der Waals surface area contributed by atoms with Crippen LogP contribution in [0.5, 0.6) is 0 Å². The summed E-state index contributed by atoms with van der Waals surface area (Å²) < 4.78 is 0. The highest BCUT2D eigenvalue weighted by atomic mass is 16.1. The number of anilines is 1. The standard InChI is InChI=1S/C41H44N2O/c1-5-33-27-41(44)40(35-18-16-34(17-19-35)37-10-6-8-29(37)2)28-39-30(3)26-32(9-7-11-38(33)39)13-12-31-14-20-36(21-15-31)43-24-22-42(4)23-25-43/h6,8,10-11,14-21,26-28H,2,5,7,9,12-13,22-25H2,1,3-4H3. The van der Waals surface area contributed by atoms with E-state index in [1.54, 1.807) is 0 Å². The van der Waals surface area contributed by atoms with E-state index in [2.05, 4.69) is 110 Å². The number of aryl methyl sites for hydroxylation is 2. The summed E-state index contributed by atoms with van der Waals surface area (Å²) in [5.74, 6) is 0. The fraction of sp³-hybridized carbons (Fsp3) is 0.293. The number of nitrogens with zero attached hydrogens (tertiary/aromatic N) is 2. The van der Waals surface area contributed by atoms with Crippen LogP contribution in [0.1, 0.15) is 49.8 Å². The third-order valence-electron chi connectivity index (χ3n) is 9.49. The van der Waals surface area contributed by atoms with Gasteiger partial charge in [-0.2, -0.15) is 0 Å². The van der Waals surface area contributed by atoms with Gasteiger partial charge < -0.3 is 9.80 Å². The molecule has 3 heteroatoms. The molecule has 0 aromatic heterocycles. The molecule has 3 aliphatic rings. The van der Waals surface area contributed by atoms with Crippen LogP contribution in [0.4, 0.5) is 5.69 Å². The summed E-state index contributed by atoms with van der Waals surface area (Å²) in [5, 5.41) is 2.39. The second kappa shape index (κ2) is 13.2. The SMILES string of the molecule is C=C1C=CC=C1c1ccc(-c2cc3c(c(CC)cc2=O)=CCCC(CCc2ccc(N4CCN(C)CC4)cc2)=CC=3C)cc1. The van der Waals surface area contributed by atoms with Crippen molar-refractivity contribution in [2.75, 3.05) is 38.1 Å². The Morgan fingerprint density at radius 2 is 1.61 bits per heavy atom. The van der Waals surface area contributed by atoms with Gasteiger partial charge >= 0.3 is 0 Å². The largest absolute Gasteiger partial charge is 0.369 e. The summed E-state index contributed by atoms with van der Waals surface area (Å²) in [6.07, 6.45) is 15.9. The van der Waals surface area contributed by atoms with Gasteiger partial charge in [-0.3, -0.25) is 4.79 Å². The van der Waals surface area contributed by atoms with E-state index in [4.69, 9.17) is 0 Å².